The SMILES string of the molecule is COCCN1C(=O)C2CN(Cc3cc(OC)c(OC)c(OC)c3)CC2C1=O. The smallest absolute Gasteiger partial charge is 0.234 e. The van der Waals surface area contributed by atoms with E-state index < -0.39 is 0 Å². The summed E-state index contributed by atoms with van der Waals surface area (Å²) in [6.07, 6.45) is 0. The van der Waals surface area contributed by atoms with E-state index in [-0.39, 0.29) is 23.7 Å². The Morgan fingerprint density at radius 1 is 0.926 bits per heavy atom. The van der Waals surface area contributed by atoms with Gasteiger partial charge in [-0.2, -0.15) is 0 Å². The third-order valence-corrected chi connectivity index (χ3v) is 5.21. The third kappa shape index (κ3) is 3.59. The van der Waals surface area contributed by atoms with Crippen LogP contribution in [0.5, 0.6) is 17.2 Å². The Hall–Kier alpha value is -2.32. The van der Waals surface area contributed by atoms with E-state index in [4.69, 9.17) is 18.9 Å². The Kier molecular flexibility index (Phi) is 5.86. The Balaban J connectivity index is 1.71. The zero-order chi connectivity index (χ0) is 19.6. The lowest BCUT2D eigenvalue weighted by Crippen LogP contribution is -2.37. The Morgan fingerprint density at radius 3 is 1.93 bits per heavy atom. The summed E-state index contributed by atoms with van der Waals surface area (Å²) in [7, 11) is 6.28. The largest absolute Gasteiger partial charge is 0.493 e. The van der Waals surface area contributed by atoms with E-state index in [1.165, 1.54) is 4.90 Å². The second-order valence-electron chi connectivity index (χ2n) is 6.76. The van der Waals surface area contributed by atoms with E-state index in [0.29, 0.717) is 50.0 Å². The van der Waals surface area contributed by atoms with Gasteiger partial charge in [0.05, 0.1) is 46.3 Å². The number of carbonyl (C=O) groups is 2. The standard InChI is InChI=1S/C19H26N2O6/c1-24-6-5-21-18(22)13-10-20(11-14(13)19(21)23)9-12-7-15(25-2)17(27-4)16(8-12)26-3/h7-8,13-14H,5-6,9-11H2,1-4H3. The van der Waals surface area contributed by atoms with Gasteiger partial charge in [-0.05, 0) is 17.7 Å². The molecule has 2 atom stereocenters. The van der Waals surface area contributed by atoms with Crippen molar-refractivity contribution in [1.82, 2.24) is 9.80 Å². The highest BCUT2D eigenvalue weighted by Crippen LogP contribution is 2.39. The van der Waals surface area contributed by atoms with Gasteiger partial charge in [-0.15, -0.1) is 0 Å². The summed E-state index contributed by atoms with van der Waals surface area (Å²) in [4.78, 5) is 28.6. The fraction of sp³-hybridized carbons (Fsp3) is 0.579. The highest BCUT2D eigenvalue weighted by Gasteiger charge is 2.51. The van der Waals surface area contributed by atoms with E-state index >= 15 is 0 Å². The van der Waals surface area contributed by atoms with Crippen molar-refractivity contribution >= 4 is 11.8 Å². The van der Waals surface area contributed by atoms with E-state index in [1.54, 1.807) is 28.4 Å². The molecule has 148 valence electrons. The number of hydrogen-bond donors (Lipinski definition) is 0. The van der Waals surface area contributed by atoms with Gasteiger partial charge < -0.3 is 18.9 Å². The number of likely N-dealkylation sites (tertiary alicyclic amines) is 2. The van der Waals surface area contributed by atoms with Crippen LogP contribution in [-0.2, 0) is 20.9 Å². The van der Waals surface area contributed by atoms with Gasteiger partial charge in [-0.3, -0.25) is 19.4 Å². The molecule has 1 aromatic carbocycles. The first-order chi connectivity index (χ1) is 13.0. The molecule has 8 nitrogen and oxygen atoms in total. The van der Waals surface area contributed by atoms with Crippen LogP contribution in [0.25, 0.3) is 0 Å². The molecule has 0 aromatic heterocycles. The number of imide groups is 1. The van der Waals surface area contributed by atoms with E-state index in [9.17, 15) is 9.59 Å². The van der Waals surface area contributed by atoms with Crippen LogP contribution < -0.4 is 14.2 Å². The fourth-order valence-corrected chi connectivity index (χ4v) is 3.91. The molecule has 27 heavy (non-hydrogen) atoms. The first-order valence-corrected chi connectivity index (χ1v) is 8.89. The van der Waals surface area contributed by atoms with Crippen LogP contribution >= 0.6 is 0 Å². The third-order valence-electron chi connectivity index (χ3n) is 5.21. The van der Waals surface area contributed by atoms with Crippen molar-refractivity contribution in [3.8, 4) is 17.2 Å². The van der Waals surface area contributed by atoms with Crippen molar-refractivity contribution < 1.29 is 28.5 Å². The first kappa shape index (κ1) is 19.4. The maximum atomic E-state index is 12.6. The predicted molar refractivity (Wildman–Crippen MR) is 97.0 cm³/mol. The number of rotatable bonds is 8. The van der Waals surface area contributed by atoms with Crippen molar-refractivity contribution in [2.75, 3.05) is 54.7 Å². The molecule has 1 aromatic rings. The minimum Gasteiger partial charge on any atom is -0.493 e. The molecule has 0 N–H and O–H groups in total. The highest BCUT2D eigenvalue weighted by atomic mass is 16.5. The molecule has 0 bridgehead atoms. The summed E-state index contributed by atoms with van der Waals surface area (Å²) in [5.74, 6) is 1.01. The van der Waals surface area contributed by atoms with Gasteiger partial charge in [0.15, 0.2) is 11.5 Å². The van der Waals surface area contributed by atoms with Crippen LogP contribution in [-0.4, -0.2) is 76.3 Å². The molecule has 8 heteroatoms. The molecule has 2 saturated heterocycles. The maximum Gasteiger partial charge on any atom is 0.234 e. The monoisotopic (exact) mass is 378 g/mol. The average molecular weight is 378 g/mol. The summed E-state index contributed by atoms with van der Waals surface area (Å²) in [5, 5.41) is 0. The maximum absolute atomic E-state index is 12.6. The normalized spacial score (nSPS) is 22.3. The summed E-state index contributed by atoms with van der Waals surface area (Å²) in [6.45, 7) is 2.42. The second kappa shape index (κ2) is 8.14. The van der Waals surface area contributed by atoms with Gasteiger partial charge in [-0.1, -0.05) is 0 Å². The molecule has 0 spiro atoms. The zero-order valence-corrected chi connectivity index (χ0v) is 16.2. The minimum absolute atomic E-state index is 0.0885. The van der Waals surface area contributed by atoms with Crippen LogP contribution in [0.1, 0.15) is 5.56 Å². The molecular formula is C19H26N2O6. The second-order valence-corrected chi connectivity index (χ2v) is 6.76. The van der Waals surface area contributed by atoms with Crippen molar-refractivity contribution in [3.63, 3.8) is 0 Å². The van der Waals surface area contributed by atoms with Gasteiger partial charge in [0.1, 0.15) is 0 Å². The number of methoxy groups -OCH3 is 4. The molecule has 2 amide bonds. The molecule has 2 fully saturated rings. The molecule has 0 radical (unpaired) electrons. The van der Waals surface area contributed by atoms with E-state index in [1.807, 2.05) is 12.1 Å². The lowest BCUT2D eigenvalue weighted by molar-refractivity contribution is -0.141. The van der Waals surface area contributed by atoms with Gasteiger partial charge >= 0.3 is 0 Å². The predicted octanol–water partition coefficient (Wildman–Crippen LogP) is 0.776. The van der Waals surface area contributed by atoms with E-state index in [0.717, 1.165) is 5.56 Å². The van der Waals surface area contributed by atoms with Crippen molar-refractivity contribution in [1.29, 1.82) is 0 Å². The zero-order valence-electron chi connectivity index (χ0n) is 16.2. The number of ether oxygens (including phenoxy) is 4. The number of benzene rings is 1. The Morgan fingerprint density at radius 2 is 1.48 bits per heavy atom. The molecular weight excluding hydrogens is 352 g/mol. The van der Waals surface area contributed by atoms with Gasteiger partial charge in [-0.25, -0.2) is 0 Å². The number of amides is 2. The summed E-state index contributed by atoms with van der Waals surface area (Å²) >= 11 is 0. The van der Waals surface area contributed by atoms with Crippen molar-refractivity contribution in [2.45, 2.75) is 6.54 Å². The average Bonchev–Trinajstić information content (AvgIpc) is 3.18. The summed E-state index contributed by atoms with van der Waals surface area (Å²) in [5.41, 5.74) is 0.973. The Bertz CT molecular complexity index is 673. The van der Waals surface area contributed by atoms with Crippen LogP contribution in [0.3, 0.4) is 0 Å². The lowest BCUT2D eigenvalue weighted by Gasteiger charge is -2.21. The molecule has 0 saturated carbocycles. The van der Waals surface area contributed by atoms with Crippen molar-refractivity contribution in [2.24, 2.45) is 11.8 Å². The first-order valence-electron chi connectivity index (χ1n) is 8.89. The van der Waals surface area contributed by atoms with Crippen LogP contribution in [0, 0.1) is 11.8 Å². The lowest BCUT2D eigenvalue weighted by atomic mass is 10.00. The number of hydrogen-bond acceptors (Lipinski definition) is 7. The molecule has 2 aliphatic heterocycles. The van der Waals surface area contributed by atoms with Gasteiger partial charge in [0.25, 0.3) is 0 Å². The Labute approximate surface area is 158 Å². The van der Waals surface area contributed by atoms with Crippen molar-refractivity contribution in [3.05, 3.63) is 17.7 Å². The number of carbonyl (C=O) groups excluding carboxylic acids is 2. The topological polar surface area (TPSA) is 77.5 Å². The number of fused-ring (bicyclic) bond motifs is 1. The molecule has 0 aliphatic carbocycles. The highest BCUT2D eigenvalue weighted by molar-refractivity contribution is 6.05. The number of nitrogens with zero attached hydrogens (tertiary/aromatic N) is 2. The molecule has 3 rings (SSSR count). The quantitative estimate of drug-likeness (QED) is 0.619. The summed E-state index contributed by atoms with van der Waals surface area (Å²) < 4.78 is 21.1. The van der Waals surface area contributed by atoms with Crippen LogP contribution in [0.2, 0.25) is 0 Å². The van der Waals surface area contributed by atoms with Crippen LogP contribution in [0.15, 0.2) is 12.1 Å². The van der Waals surface area contributed by atoms with Gasteiger partial charge in [0.2, 0.25) is 17.6 Å². The minimum atomic E-state index is -0.267. The fourth-order valence-electron chi connectivity index (χ4n) is 3.91. The van der Waals surface area contributed by atoms with Crippen LogP contribution in [0.4, 0.5) is 0 Å². The van der Waals surface area contributed by atoms with Gasteiger partial charge in [0, 0.05) is 26.7 Å². The molecule has 2 unspecified atom stereocenters. The molecule has 2 heterocycles. The summed E-state index contributed by atoms with van der Waals surface area (Å²) in [6, 6.07) is 3.79. The molecule has 2 aliphatic rings. The van der Waals surface area contributed by atoms with E-state index in [2.05, 4.69) is 4.90 Å².